The zero-order valence-corrected chi connectivity index (χ0v) is 12.6. The van der Waals surface area contributed by atoms with Crippen LogP contribution in [0.3, 0.4) is 0 Å². The van der Waals surface area contributed by atoms with Gasteiger partial charge in [0.1, 0.15) is 0 Å². The standard InChI is InChI=1S/C17H25N3O/c18-9-7-13-1-3-15(4-2-13)17(21)19-11-14-8-10-20(12-14)16-5-6-16/h1-4,14,16H,5-12,18H2,(H,19,21). The molecule has 21 heavy (non-hydrogen) atoms. The van der Waals surface area contributed by atoms with Crippen LogP contribution in [0.1, 0.15) is 35.2 Å². The highest BCUT2D eigenvalue weighted by Crippen LogP contribution is 2.31. The Hall–Kier alpha value is -1.39. The molecule has 1 heterocycles. The topological polar surface area (TPSA) is 58.4 Å². The van der Waals surface area contributed by atoms with Gasteiger partial charge in [-0.3, -0.25) is 4.79 Å². The Morgan fingerprint density at radius 1 is 1.24 bits per heavy atom. The molecular formula is C17H25N3O. The van der Waals surface area contributed by atoms with Crippen LogP contribution in [0.5, 0.6) is 0 Å². The van der Waals surface area contributed by atoms with E-state index in [1.165, 1.54) is 31.4 Å². The minimum absolute atomic E-state index is 0.0409. The summed E-state index contributed by atoms with van der Waals surface area (Å²) >= 11 is 0. The van der Waals surface area contributed by atoms with Gasteiger partial charge in [0.05, 0.1) is 0 Å². The summed E-state index contributed by atoms with van der Waals surface area (Å²) < 4.78 is 0. The van der Waals surface area contributed by atoms with Gasteiger partial charge in [-0.2, -0.15) is 0 Å². The molecule has 1 aliphatic heterocycles. The summed E-state index contributed by atoms with van der Waals surface area (Å²) in [5.74, 6) is 0.658. The first kappa shape index (κ1) is 14.5. The lowest BCUT2D eigenvalue weighted by Crippen LogP contribution is -2.31. The molecule has 1 saturated carbocycles. The third kappa shape index (κ3) is 3.83. The molecule has 0 radical (unpaired) electrons. The van der Waals surface area contributed by atoms with E-state index in [0.717, 1.165) is 31.1 Å². The number of benzene rings is 1. The lowest BCUT2D eigenvalue weighted by atomic mass is 10.1. The summed E-state index contributed by atoms with van der Waals surface area (Å²) in [6.07, 6.45) is 4.82. The smallest absolute Gasteiger partial charge is 0.251 e. The maximum absolute atomic E-state index is 12.1. The average Bonchev–Trinajstić information content (AvgIpc) is 3.25. The number of hydrogen-bond donors (Lipinski definition) is 2. The van der Waals surface area contributed by atoms with Crippen LogP contribution >= 0.6 is 0 Å². The van der Waals surface area contributed by atoms with E-state index in [0.29, 0.717) is 12.5 Å². The highest BCUT2D eigenvalue weighted by Gasteiger charge is 2.34. The maximum atomic E-state index is 12.1. The fourth-order valence-electron chi connectivity index (χ4n) is 3.13. The number of likely N-dealkylation sites (tertiary alicyclic amines) is 1. The lowest BCUT2D eigenvalue weighted by molar-refractivity contribution is 0.0947. The van der Waals surface area contributed by atoms with E-state index >= 15 is 0 Å². The van der Waals surface area contributed by atoms with Gasteiger partial charge in [0.25, 0.3) is 5.91 Å². The van der Waals surface area contributed by atoms with Crippen LogP contribution in [0.4, 0.5) is 0 Å². The van der Waals surface area contributed by atoms with Crippen LogP contribution in [-0.2, 0) is 6.42 Å². The summed E-state index contributed by atoms with van der Waals surface area (Å²) in [6, 6.07) is 8.62. The van der Waals surface area contributed by atoms with E-state index in [9.17, 15) is 4.79 Å². The number of nitrogens with two attached hydrogens (primary N) is 1. The molecule has 1 saturated heterocycles. The van der Waals surface area contributed by atoms with Crippen molar-refractivity contribution in [3.63, 3.8) is 0 Å². The van der Waals surface area contributed by atoms with E-state index in [2.05, 4.69) is 10.2 Å². The van der Waals surface area contributed by atoms with Crippen molar-refractivity contribution in [1.29, 1.82) is 0 Å². The molecular weight excluding hydrogens is 262 g/mol. The van der Waals surface area contributed by atoms with Crippen molar-refractivity contribution in [1.82, 2.24) is 10.2 Å². The van der Waals surface area contributed by atoms with Gasteiger partial charge in [0, 0.05) is 24.7 Å². The second-order valence-electron chi connectivity index (χ2n) is 6.33. The molecule has 3 rings (SSSR count). The zero-order valence-electron chi connectivity index (χ0n) is 12.6. The molecule has 0 aromatic heterocycles. The molecule has 3 N–H and O–H groups in total. The Labute approximate surface area is 126 Å². The third-order valence-electron chi connectivity index (χ3n) is 4.58. The average molecular weight is 287 g/mol. The normalized spacial score (nSPS) is 22.4. The van der Waals surface area contributed by atoms with Crippen molar-refractivity contribution in [2.45, 2.75) is 31.7 Å². The van der Waals surface area contributed by atoms with Gasteiger partial charge in [0.15, 0.2) is 0 Å². The summed E-state index contributed by atoms with van der Waals surface area (Å²) in [5, 5.41) is 3.08. The van der Waals surface area contributed by atoms with Crippen molar-refractivity contribution in [3.8, 4) is 0 Å². The summed E-state index contributed by atoms with van der Waals surface area (Å²) in [5.41, 5.74) is 7.46. The number of rotatable bonds is 6. The summed E-state index contributed by atoms with van der Waals surface area (Å²) in [7, 11) is 0. The van der Waals surface area contributed by atoms with Crippen LogP contribution in [0, 0.1) is 5.92 Å². The molecule has 1 aromatic carbocycles. The predicted octanol–water partition coefficient (Wildman–Crippen LogP) is 1.40. The van der Waals surface area contributed by atoms with Crippen LogP contribution in [-0.4, -0.2) is 43.0 Å². The van der Waals surface area contributed by atoms with Crippen LogP contribution < -0.4 is 11.1 Å². The van der Waals surface area contributed by atoms with Crippen molar-refractivity contribution in [3.05, 3.63) is 35.4 Å². The highest BCUT2D eigenvalue weighted by atomic mass is 16.1. The number of carbonyl (C=O) groups is 1. The van der Waals surface area contributed by atoms with Crippen LogP contribution in [0.25, 0.3) is 0 Å². The van der Waals surface area contributed by atoms with Gasteiger partial charge in [-0.25, -0.2) is 0 Å². The van der Waals surface area contributed by atoms with Gasteiger partial charge in [-0.05, 0) is 62.4 Å². The first-order valence-electron chi connectivity index (χ1n) is 8.07. The summed E-state index contributed by atoms with van der Waals surface area (Å²) in [4.78, 5) is 14.7. The quantitative estimate of drug-likeness (QED) is 0.831. The number of amides is 1. The van der Waals surface area contributed by atoms with Gasteiger partial charge in [0.2, 0.25) is 0 Å². The molecule has 1 atom stereocenters. The second-order valence-corrected chi connectivity index (χ2v) is 6.33. The monoisotopic (exact) mass is 287 g/mol. The first-order valence-corrected chi connectivity index (χ1v) is 8.07. The van der Waals surface area contributed by atoms with E-state index in [1.807, 2.05) is 24.3 Å². The summed E-state index contributed by atoms with van der Waals surface area (Å²) in [6.45, 7) is 3.80. The minimum atomic E-state index is 0.0409. The second kappa shape index (κ2) is 6.58. The van der Waals surface area contributed by atoms with Gasteiger partial charge in [-0.15, -0.1) is 0 Å². The number of hydrogen-bond acceptors (Lipinski definition) is 3. The Morgan fingerprint density at radius 2 is 2.00 bits per heavy atom. The molecule has 1 aliphatic carbocycles. The van der Waals surface area contributed by atoms with E-state index in [4.69, 9.17) is 5.73 Å². The van der Waals surface area contributed by atoms with Crippen LogP contribution in [0.15, 0.2) is 24.3 Å². The molecule has 2 aliphatic rings. The Bertz CT molecular complexity index is 481. The molecule has 4 heteroatoms. The number of nitrogens with zero attached hydrogens (tertiary/aromatic N) is 1. The molecule has 1 unspecified atom stereocenters. The van der Waals surface area contributed by atoms with E-state index in [1.54, 1.807) is 0 Å². The molecule has 114 valence electrons. The minimum Gasteiger partial charge on any atom is -0.352 e. The molecule has 0 bridgehead atoms. The fourth-order valence-corrected chi connectivity index (χ4v) is 3.13. The SMILES string of the molecule is NCCc1ccc(C(=O)NCC2CCN(C3CC3)C2)cc1. The van der Waals surface area contributed by atoms with Gasteiger partial charge in [-0.1, -0.05) is 12.1 Å². The van der Waals surface area contributed by atoms with Crippen molar-refractivity contribution < 1.29 is 4.79 Å². The fraction of sp³-hybridized carbons (Fsp3) is 0.588. The van der Waals surface area contributed by atoms with Gasteiger partial charge >= 0.3 is 0 Å². The highest BCUT2D eigenvalue weighted by molar-refractivity contribution is 5.94. The van der Waals surface area contributed by atoms with Crippen molar-refractivity contribution in [2.24, 2.45) is 11.7 Å². The Kier molecular flexibility index (Phi) is 4.56. The number of carbonyl (C=O) groups excluding carboxylic acids is 1. The first-order chi connectivity index (χ1) is 10.3. The molecule has 4 nitrogen and oxygen atoms in total. The van der Waals surface area contributed by atoms with Crippen molar-refractivity contribution >= 4 is 5.91 Å². The maximum Gasteiger partial charge on any atom is 0.251 e. The molecule has 2 fully saturated rings. The molecule has 1 amide bonds. The molecule has 0 spiro atoms. The number of nitrogens with one attached hydrogen (secondary N) is 1. The van der Waals surface area contributed by atoms with Gasteiger partial charge < -0.3 is 16.0 Å². The zero-order chi connectivity index (χ0) is 14.7. The van der Waals surface area contributed by atoms with Crippen LogP contribution in [0.2, 0.25) is 0 Å². The lowest BCUT2D eigenvalue weighted by Gasteiger charge is -2.15. The Balaban J connectivity index is 1.45. The predicted molar refractivity (Wildman–Crippen MR) is 84.2 cm³/mol. The molecule has 1 aromatic rings. The largest absolute Gasteiger partial charge is 0.352 e. The van der Waals surface area contributed by atoms with E-state index < -0.39 is 0 Å². The van der Waals surface area contributed by atoms with E-state index in [-0.39, 0.29) is 5.91 Å². The Morgan fingerprint density at radius 3 is 2.67 bits per heavy atom. The third-order valence-corrected chi connectivity index (χ3v) is 4.58. The van der Waals surface area contributed by atoms with Crippen molar-refractivity contribution in [2.75, 3.05) is 26.2 Å².